The summed E-state index contributed by atoms with van der Waals surface area (Å²) in [4.78, 5) is 4.22. The minimum atomic E-state index is -4.35. The van der Waals surface area contributed by atoms with Crippen molar-refractivity contribution in [2.45, 2.75) is 52.8 Å². The molecule has 0 radical (unpaired) electrons. The third-order valence-corrected chi connectivity index (χ3v) is 3.14. The van der Waals surface area contributed by atoms with Gasteiger partial charge in [0.15, 0.2) is 5.82 Å². The molecule has 0 N–H and O–H groups in total. The summed E-state index contributed by atoms with van der Waals surface area (Å²) in [5, 5.41) is 11.3. The zero-order valence-corrected chi connectivity index (χ0v) is 12.7. The number of rotatable bonds is 6. The largest absolute Gasteiger partial charge is 0.408 e. The quantitative estimate of drug-likeness (QED) is 0.819. The van der Waals surface area contributed by atoms with Gasteiger partial charge in [-0.15, -0.1) is 0 Å². The van der Waals surface area contributed by atoms with E-state index in [0.29, 0.717) is 29.6 Å². The lowest BCUT2D eigenvalue weighted by Crippen LogP contribution is -2.21. The molecule has 9 heteroatoms. The van der Waals surface area contributed by atoms with Crippen LogP contribution in [-0.4, -0.2) is 31.3 Å². The highest BCUT2D eigenvalue weighted by Gasteiger charge is 2.30. The molecule has 0 bridgehead atoms. The van der Waals surface area contributed by atoms with Gasteiger partial charge in [0.1, 0.15) is 23.8 Å². The Morgan fingerprint density at radius 1 is 1.23 bits per heavy atom. The van der Waals surface area contributed by atoms with E-state index in [1.165, 1.54) is 0 Å². The first-order chi connectivity index (χ1) is 10.2. The average Bonchev–Trinajstić information content (AvgIpc) is 2.94. The van der Waals surface area contributed by atoms with Crippen LogP contribution in [0, 0.1) is 12.8 Å². The molecular formula is C13H18F3N5O. The van der Waals surface area contributed by atoms with Gasteiger partial charge >= 0.3 is 6.18 Å². The maximum absolute atomic E-state index is 12.7. The van der Waals surface area contributed by atoms with E-state index in [9.17, 15) is 13.2 Å². The molecule has 0 aliphatic rings. The third-order valence-electron chi connectivity index (χ3n) is 3.14. The summed E-state index contributed by atoms with van der Waals surface area (Å²) in [7, 11) is 0. The van der Waals surface area contributed by atoms with Gasteiger partial charge in [-0.2, -0.15) is 18.3 Å². The third kappa shape index (κ3) is 4.54. The van der Waals surface area contributed by atoms with Crippen LogP contribution < -0.4 is 0 Å². The number of hydrogen-bond acceptors (Lipinski definition) is 5. The highest BCUT2D eigenvalue weighted by Crippen LogP contribution is 2.19. The molecule has 0 atom stereocenters. The van der Waals surface area contributed by atoms with Gasteiger partial charge in [-0.25, -0.2) is 14.3 Å². The molecule has 22 heavy (non-hydrogen) atoms. The zero-order chi connectivity index (χ0) is 16.3. The van der Waals surface area contributed by atoms with Crippen LogP contribution in [0.4, 0.5) is 13.2 Å². The summed E-state index contributed by atoms with van der Waals surface area (Å²) in [6, 6.07) is 0. The highest BCUT2D eigenvalue weighted by molar-refractivity contribution is 5.12. The predicted octanol–water partition coefficient (Wildman–Crippen LogP) is 2.71. The van der Waals surface area contributed by atoms with E-state index in [2.05, 4.69) is 25.0 Å². The van der Waals surface area contributed by atoms with E-state index in [1.807, 2.05) is 13.8 Å². The van der Waals surface area contributed by atoms with Crippen LogP contribution in [0.2, 0.25) is 0 Å². The van der Waals surface area contributed by atoms with Crippen molar-refractivity contribution < 1.29 is 17.8 Å². The number of aryl methyl sites for hydroxylation is 2. The van der Waals surface area contributed by atoms with E-state index in [0.717, 1.165) is 11.1 Å². The Balaban J connectivity index is 2.22. The molecule has 2 heterocycles. The van der Waals surface area contributed by atoms with Crippen LogP contribution in [0.3, 0.4) is 0 Å². The molecule has 0 saturated heterocycles. The van der Waals surface area contributed by atoms with Crippen LogP contribution in [-0.2, 0) is 19.4 Å². The van der Waals surface area contributed by atoms with Gasteiger partial charge in [0.2, 0.25) is 0 Å². The van der Waals surface area contributed by atoms with Crippen LogP contribution in [0.5, 0.6) is 0 Å². The Bertz CT molecular complexity index is 617. The number of halogens is 3. The maximum Gasteiger partial charge on any atom is 0.408 e. The number of nitrogens with zero attached hydrogens (tertiary/aromatic N) is 5. The highest BCUT2D eigenvalue weighted by atomic mass is 19.4. The summed E-state index contributed by atoms with van der Waals surface area (Å²) in [5.74, 6) is 1.07. The number of aromatic nitrogens is 5. The first kappa shape index (κ1) is 16.4. The molecule has 0 amide bonds. The molecule has 0 aromatic carbocycles. The van der Waals surface area contributed by atoms with E-state index in [-0.39, 0.29) is 12.2 Å². The Hall–Kier alpha value is -1.93. The normalized spacial score (nSPS) is 12.3. The second-order valence-corrected chi connectivity index (χ2v) is 5.62. The molecule has 122 valence electrons. The molecular weight excluding hydrogens is 299 g/mol. The Morgan fingerprint density at radius 3 is 2.50 bits per heavy atom. The smallest absolute Gasteiger partial charge is 0.244 e. The number of alkyl halides is 3. The minimum absolute atomic E-state index is 0.111. The van der Waals surface area contributed by atoms with Crippen molar-refractivity contribution in [3.8, 4) is 0 Å². The summed E-state index contributed by atoms with van der Waals surface area (Å²) in [6.45, 7) is 4.59. The standard InChI is InChI=1S/C13H18F3N5O/c1-8(2)4-5-11-17-12(6-10-9(3)19-22-20-10)21(18-11)7-13(14,15)16/h8H,4-7H2,1-3H3. The van der Waals surface area contributed by atoms with Gasteiger partial charge < -0.3 is 0 Å². The van der Waals surface area contributed by atoms with Gasteiger partial charge in [0, 0.05) is 6.42 Å². The van der Waals surface area contributed by atoms with Crippen LogP contribution in [0.1, 0.15) is 43.3 Å². The van der Waals surface area contributed by atoms with Gasteiger partial charge in [0.25, 0.3) is 0 Å². The monoisotopic (exact) mass is 317 g/mol. The topological polar surface area (TPSA) is 69.6 Å². The molecule has 0 unspecified atom stereocenters. The summed E-state index contributed by atoms with van der Waals surface area (Å²) in [5.41, 5.74) is 0.997. The van der Waals surface area contributed by atoms with E-state index in [1.54, 1.807) is 6.92 Å². The fraction of sp³-hybridized carbons (Fsp3) is 0.692. The van der Waals surface area contributed by atoms with E-state index in [4.69, 9.17) is 0 Å². The van der Waals surface area contributed by atoms with Gasteiger partial charge in [-0.3, -0.25) is 0 Å². The Labute approximate surface area is 125 Å². The Kier molecular flexibility index (Phi) is 4.82. The minimum Gasteiger partial charge on any atom is -0.244 e. The first-order valence-corrected chi connectivity index (χ1v) is 7.02. The second-order valence-electron chi connectivity index (χ2n) is 5.62. The van der Waals surface area contributed by atoms with Crippen LogP contribution in [0.25, 0.3) is 0 Å². The van der Waals surface area contributed by atoms with Crippen molar-refractivity contribution in [2.24, 2.45) is 5.92 Å². The first-order valence-electron chi connectivity index (χ1n) is 7.02. The van der Waals surface area contributed by atoms with Crippen molar-refractivity contribution >= 4 is 0 Å². The van der Waals surface area contributed by atoms with Gasteiger partial charge in [0.05, 0.1) is 6.42 Å². The second kappa shape index (κ2) is 6.45. The fourth-order valence-electron chi connectivity index (χ4n) is 1.94. The molecule has 6 nitrogen and oxygen atoms in total. The summed E-state index contributed by atoms with van der Waals surface area (Å²) >= 11 is 0. The van der Waals surface area contributed by atoms with E-state index < -0.39 is 12.7 Å². The molecule has 2 rings (SSSR count). The molecule has 0 fully saturated rings. The predicted molar refractivity (Wildman–Crippen MR) is 71.1 cm³/mol. The lowest BCUT2D eigenvalue weighted by Gasteiger charge is -2.08. The molecule has 2 aromatic rings. The van der Waals surface area contributed by atoms with Crippen molar-refractivity contribution in [1.82, 2.24) is 25.1 Å². The van der Waals surface area contributed by atoms with E-state index >= 15 is 0 Å². The fourth-order valence-corrected chi connectivity index (χ4v) is 1.94. The van der Waals surface area contributed by atoms with Crippen LogP contribution >= 0.6 is 0 Å². The average molecular weight is 317 g/mol. The van der Waals surface area contributed by atoms with Crippen molar-refractivity contribution in [3.05, 3.63) is 23.0 Å². The summed E-state index contributed by atoms with van der Waals surface area (Å²) < 4.78 is 43.5. The number of hydrogen-bond donors (Lipinski definition) is 0. The SMILES string of the molecule is Cc1nonc1Cc1nc(CCC(C)C)nn1CC(F)(F)F. The lowest BCUT2D eigenvalue weighted by atomic mass is 10.1. The van der Waals surface area contributed by atoms with Gasteiger partial charge in [-0.05, 0) is 19.3 Å². The molecule has 0 aliphatic heterocycles. The van der Waals surface area contributed by atoms with Crippen molar-refractivity contribution in [1.29, 1.82) is 0 Å². The van der Waals surface area contributed by atoms with Crippen molar-refractivity contribution in [2.75, 3.05) is 0 Å². The molecule has 0 spiro atoms. The van der Waals surface area contributed by atoms with Crippen LogP contribution in [0.15, 0.2) is 4.63 Å². The van der Waals surface area contributed by atoms with Crippen molar-refractivity contribution in [3.63, 3.8) is 0 Å². The zero-order valence-electron chi connectivity index (χ0n) is 12.7. The lowest BCUT2D eigenvalue weighted by molar-refractivity contribution is -0.143. The molecule has 2 aromatic heterocycles. The van der Waals surface area contributed by atoms with Gasteiger partial charge in [-0.1, -0.05) is 24.2 Å². The molecule has 0 aliphatic carbocycles. The maximum atomic E-state index is 12.7. The Morgan fingerprint density at radius 2 is 1.95 bits per heavy atom. The summed E-state index contributed by atoms with van der Waals surface area (Å²) in [6.07, 6.45) is -2.87. The molecule has 0 saturated carbocycles.